The second kappa shape index (κ2) is 8.73. The second-order valence-electron chi connectivity index (χ2n) is 8.72. The third kappa shape index (κ3) is 4.10. The van der Waals surface area contributed by atoms with Crippen molar-refractivity contribution in [2.75, 3.05) is 5.32 Å². The van der Waals surface area contributed by atoms with Crippen molar-refractivity contribution in [1.82, 2.24) is 0 Å². The van der Waals surface area contributed by atoms with Crippen LogP contribution in [0.3, 0.4) is 0 Å². The quantitative estimate of drug-likeness (QED) is 0.424. The lowest BCUT2D eigenvalue weighted by molar-refractivity contribution is 0.488. The minimum absolute atomic E-state index is 0.287. The molecule has 0 amide bonds. The normalized spacial score (nSPS) is 13.4. The van der Waals surface area contributed by atoms with E-state index in [1.54, 1.807) is 0 Å². The van der Waals surface area contributed by atoms with Gasteiger partial charge in [-0.05, 0) is 34.8 Å². The molecule has 0 fully saturated rings. The van der Waals surface area contributed by atoms with Crippen molar-refractivity contribution >= 4 is 37.8 Å². The van der Waals surface area contributed by atoms with Gasteiger partial charge in [-0.3, -0.25) is 0 Å². The topological polar surface area (TPSA) is 21.3 Å². The zero-order valence-corrected chi connectivity index (χ0v) is 20.4. The lowest BCUT2D eigenvalue weighted by atomic mass is 10.2. The summed E-state index contributed by atoms with van der Waals surface area (Å²) in [7, 11) is -0.575. The number of benzene rings is 2. The number of hydrogen-bond acceptors (Lipinski definition) is 2. The molecular weight excluding hydrogens is 380 g/mol. The Bertz CT molecular complexity index is 746. The van der Waals surface area contributed by atoms with Crippen molar-refractivity contribution < 1.29 is 4.74 Å². The highest BCUT2D eigenvalue weighted by molar-refractivity contribution is 7.67. The van der Waals surface area contributed by atoms with Gasteiger partial charge in [0.2, 0.25) is 0 Å². The Morgan fingerprint density at radius 1 is 0.607 bits per heavy atom. The van der Waals surface area contributed by atoms with Crippen LogP contribution in [0.15, 0.2) is 36.4 Å². The maximum Gasteiger partial charge on any atom is 0.158 e. The fourth-order valence-electron chi connectivity index (χ4n) is 4.42. The summed E-state index contributed by atoms with van der Waals surface area (Å²) < 4.78 is 6.77. The number of rotatable bonds is 6. The van der Waals surface area contributed by atoms with Crippen LogP contribution < -0.4 is 20.7 Å². The molecule has 0 saturated carbocycles. The van der Waals surface area contributed by atoms with Gasteiger partial charge >= 0.3 is 0 Å². The molecule has 0 atom stereocenters. The number of fused-ring (bicyclic) bond motifs is 2. The van der Waals surface area contributed by atoms with Crippen molar-refractivity contribution in [3.8, 4) is 11.5 Å². The monoisotopic (exact) mass is 415 g/mol. The Morgan fingerprint density at radius 2 is 0.964 bits per heavy atom. The Labute approximate surface area is 174 Å². The molecule has 0 unspecified atom stereocenters. The second-order valence-corrected chi connectivity index (χ2v) is 15.4. The van der Waals surface area contributed by atoms with E-state index in [0.29, 0.717) is 22.6 Å². The summed E-state index contributed by atoms with van der Waals surface area (Å²) in [5.74, 6) is 2.11. The molecule has 2 aromatic rings. The van der Waals surface area contributed by atoms with Gasteiger partial charge < -0.3 is 10.1 Å². The number of hydrogen-bond donors (Lipinski definition) is 1. The molecular formula is C24H35NOP2. The molecule has 0 aromatic heterocycles. The Balaban J connectivity index is 2.12. The average molecular weight is 415 g/mol. The number of nitrogens with one attached hydrogen (secondary N) is 1. The van der Waals surface area contributed by atoms with Gasteiger partial charge in [0.15, 0.2) is 11.5 Å². The lowest BCUT2D eigenvalue weighted by Crippen LogP contribution is -2.23. The van der Waals surface area contributed by atoms with Crippen LogP contribution in [-0.4, -0.2) is 22.6 Å². The standard InChI is InChI=1S/C24H35NOP2/c1-15(2)27(16(3)4)21-13-9-11-19-23(21)26-24-20(25-19)12-10-14-22(24)28(17(5)6)18(7)8/h9-18,25H,1-8H3. The van der Waals surface area contributed by atoms with Crippen LogP contribution in [0, 0.1) is 0 Å². The molecule has 0 bridgehead atoms. The fourth-order valence-corrected chi connectivity index (χ4v) is 10.3. The Morgan fingerprint density at radius 3 is 1.29 bits per heavy atom. The van der Waals surface area contributed by atoms with E-state index in [0.717, 1.165) is 22.9 Å². The lowest BCUT2D eigenvalue weighted by Gasteiger charge is -2.34. The molecule has 0 spiro atoms. The van der Waals surface area contributed by atoms with Crippen LogP contribution in [0.1, 0.15) is 55.4 Å². The van der Waals surface area contributed by atoms with Gasteiger partial charge in [-0.15, -0.1) is 0 Å². The number of para-hydroxylation sites is 2. The number of ether oxygens (including phenoxy) is 1. The smallest absolute Gasteiger partial charge is 0.158 e. The van der Waals surface area contributed by atoms with Gasteiger partial charge in [-0.2, -0.15) is 0 Å². The first-order valence-electron chi connectivity index (χ1n) is 10.5. The van der Waals surface area contributed by atoms with Gasteiger partial charge in [0, 0.05) is 10.6 Å². The van der Waals surface area contributed by atoms with Crippen LogP contribution in [0.25, 0.3) is 0 Å². The molecule has 4 heteroatoms. The molecule has 1 N–H and O–H groups in total. The molecule has 28 heavy (non-hydrogen) atoms. The van der Waals surface area contributed by atoms with E-state index in [9.17, 15) is 0 Å². The van der Waals surface area contributed by atoms with Gasteiger partial charge in [0.1, 0.15) is 0 Å². The molecule has 2 nitrogen and oxygen atoms in total. The first-order chi connectivity index (χ1) is 13.2. The van der Waals surface area contributed by atoms with Gasteiger partial charge in [-0.25, -0.2) is 0 Å². The van der Waals surface area contributed by atoms with E-state index in [2.05, 4.69) is 97.1 Å². The molecule has 2 aromatic carbocycles. The van der Waals surface area contributed by atoms with E-state index in [-0.39, 0.29) is 15.8 Å². The van der Waals surface area contributed by atoms with E-state index < -0.39 is 0 Å². The predicted molar refractivity (Wildman–Crippen MR) is 130 cm³/mol. The summed E-state index contributed by atoms with van der Waals surface area (Å²) in [4.78, 5) is 0. The maximum atomic E-state index is 6.77. The summed E-state index contributed by atoms with van der Waals surface area (Å²) in [6.45, 7) is 18.8. The molecule has 3 rings (SSSR count). The van der Waals surface area contributed by atoms with Crippen LogP contribution in [0.5, 0.6) is 11.5 Å². The molecule has 0 aliphatic carbocycles. The summed E-state index contributed by atoms with van der Waals surface area (Å²) >= 11 is 0. The van der Waals surface area contributed by atoms with Crippen molar-refractivity contribution in [2.45, 2.75) is 78.0 Å². The molecule has 0 saturated heterocycles. The Hall–Kier alpha value is -1.10. The van der Waals surface area contributed by atoms with E-state index >= 15 is 0 Å². The zero-order chi connectivity index (χ0) is 20.6. The largest absolute Gasteiger partial charge is 0.452 e. The minimum atomic E-state index is -0.287. The van der Waals surface area contributed by atoms with Crippen molar-refractivity contribution in [3.05, 3.63) is 36.4 Å². The SMILES string of the molecule is CC(C)P(c1cccc2c1Oc1c(cccc1P(C(C)C)C(C)C)N2)C(C)C. The molecule has 1 aliphatic heterocycles. The van der Waals surface area contributed by atoms with E-state index in [1.807, 2.05) is 0 Å². The van der Waals surface area contributed by atoms with Crippen LogP contribution in [-0.2, 0) is 0 Å². The first kappa shape index (κ1) is 21.6. The molecule has 152 valence electrons. The first-order valence-corrected chi connectivity index (χ1v) is 13.5. The fraction of sp³-hybridized carbons (Fsp3) is 0.500. The highest BCUT2D eigenvalue weighted by atomic mass is 31.1. The predicted octanol–water partition coefficient (Wildman–Crippen LogP) is 7.38. The van der Waals surface area contributed by atoms with Crippen molar-refractivity contribution in [3.63, 3.8) is 0 Å². The minimum Gasteiger partial charge on any atom is -0.452 e. The van der Waals surface area contributed by atoms with Gasteiger partial charge in [0.05, 0.1) is 11.4 Å². The van der Waals surface area contributed by atoms with Crippen LogP contribution in [0.4, 0.5) is 11.4 Å². The summed E-state index contributed by atoms with van der Waals surface area (Å²) in [5, 5.41) is 6.47. The molecule has 1 aliphatic rings. The number of anilines is 2. The van der Waals surface area contributed by atoms with Crippen LogP contribution in [0.2, 0.25) is 0 Å². The third-order valence-corrected chi connectivity index (χ3v) is 11.5. The summed E-state index contributed by atoms with van der Waals surface area (Å²) in [6, 6.07) is 13.2. The summed E-state index contributed by atoms with van der Waals surface area (Å²) in [6.07, 6.45) is 0. The summed E-state index contributed by atoms with van der Waals surface area (Å²) in [5.41, 5.74) is 4.73. The van der Waals surface area contributed by atoms with Crippen molar-refractivity contribution in [1.29, 1.82) is 0 Å². The van der Waals surface area contributed by atoms with Crippen molar-refractivity contribution in [2.24, 2.45) is 0 Å². The zero-order valence-electron chi connectivity index (χ0n) is 18.6. The maximum absolute atomic E-state index is 6.77. The molecule has 1 heterocycles. The third-order valence-electron chi connectivity index (χ3n) is 5.24. The highest BCUT2D eigenvalue weighted by Crippen LogP contribution is 2.54. The van der Waals surface area contributed by atoms with Crippen LogP contribution >= 0.6 is 15.8 Å². The highest BCUT2D eigenvalue weighted by Gasteiger charge is 2.31. The average Bonchev–Trinajstić information content (AvgIpc) is 2.59. The molecule has 0 radical (unpaired) electrons. The van der Waals surface area contributed by atoms with E-state index in [4.69, 9.17) is 4.74 Å². The van der Waals surface area contributed by atoms with Gasteiger partial charge in [0.25, 0.3) is 0 Å². The van der Waals surface area contributed by atoms with E-state index in [1.165, 1.54) is 10.6 Å². The Kier molecular flexibility index (Phi) is 6.73. The van der Waals surface area contributed by atoms with Gasteiger partial charge in [-0.1, -0.05) is 95.5 Å².